The van der Waals surface area contributed by atoms with Gasteiger partial charge in [0.15, 0.2) is 18.1 Å². The van der Waals surface area contributed by atoms with Crippen molar-refractivity contribution >= 4 is 29.2 Å². The van der Waals surface area contributed by atoms with Crippen molar-refractivity contribution in [2.24, 2.45) is 0 Å². The van der Waals surface area contributed by atoms with Crippen molar-refractivity contribution in [1.29, 1.82) is 0 Å². The maximum atomic E-state index is 12.9. The molecular formula is C22H22ClNO5. The highest BCUT2D eigenvalue weighted by molar-refractivity contribution is 6.30. The quantitative estimate of drug-likeness (QED) is 0.744. The van der Waals surface area contributed by atoms with Gasteiger partial charge in [-0.2, -0.15) is 0 Å². The van der Waals surface area contributed by atoms with Crippen LogP contribution in [-0.2, 0) is 19.7 Å². The first-order chi connectivity index (χ1) is 14.1. The monoisotopic (exact) mass is 415 g/mol. The third-order valence-electron chi connectivity index (χ3n) is 5.40. The third kappa shape index (κ3) is 4.17. The van der Waals surface area contributed by atoms with Gasteiger partial charge in [-0.05, 0) is 42.7 Å². The van der Waals surface area contributed by atoms with Crippen LogP contribution in [0.15, 0.2) is 42.5 Å². The number of nitrogens with one attached hydrogen (secondary N) is 1. The van der Waals surface area contributed by atoms with E-state index < -0.39 is 11.3 Å². The van der Waals surface area contributed by atoms with Crippen LogP contribution in [0.2, 0.25) is 5.02 Å². The first-order valence-corrected chi connectivity index (χ1v) is 10.1. The van der Waals surface area contributed by atoms with Gasteiger partial charge in [0.2, 0.25) is 0 Å². The molecule has 1 N–H and O–H groups in total. The summed E-state index contributed by atoms with van der Waals surface area (Å²) in [5.74, 6) is 0.458. The molecule has 0 radical (unpaired) electrons. The van der Waals surface area contributed by atoms with E-state index in [1.54, 1.807) is 30.3 Å². The zero-order valence-corrected chi connectivity index (χ0v) is 16.7. The average Bonchev–Trinajstić information content (AvgIpc) is 3.23. The van der Waals surface area contributed by atoms with Crippen molar-refractivity contribution in [1.82, 2.24) is 0 Å². The number of hydrogen-bond donors (Lipinski definition) is 1. The summed E-state index contributed by atoms with van der Waals surface area (Å²) in [7, 11) is 0. The molecule has 4 rings (SSSR count). The van der Waals surface area contributed by atoms with Crippen LogP contribution in [0.25, 0.3) is 0 Å². The smallest absolute Gasteiger partial charge is 0.317 e. The highest BCUT2D eigenvalue weighted by Crippen LogP contribution is 2.42. The summed E-state index contributed by atoms with van der Waals surface area (Å²) in [4.78, 5) is 25.2. The minimum atomic E-state index is -0.706. The first-order valence-electron chi connectivity index (χ1n) is 9.70. The number of carbonyl (C=O) groups excluding carboxylic acids is 2. The van der Waals surface area contributed by atoms with Crippen LogP contribution in [0, 0.1) is 0 Å². The Morgan fingerprint density at radius 1 is 1.00 bits per heavy atom. The molecule has 1 aliphatic heterocycles. The number of rotatable bonds is 5. The maximum absolute atomic E-state index is 12.9. The predicted molar refractivity (Wildman–Crippen MR) is 109 cm³/mol. The fraction of sp³-hybridized carbons (Fsp3) is 0.364. The summed E-state index contributed by atoms with van der Waals surface area (Å²) in [6.07, 6.45) is 3.30. The molecule has 152 valence electrons. The van der Waals surface area contributed by atoms with Crippen LogP contribution < -0.4 is 14.8 Å². The largest absolute Gasteiger partial charge is 0.486 e. The SMILES string of the molecule is O=C(COC(=O)C1(c2ccc(Cl)cc2)CCCC1)Nc1ccc2c(c1)OCCO2. The summed E-state index contributed by atoms with van der Waals surface area (Å²) in [5.41, 5.74) is 0.738. The number of benzene rings is 2. The molecule has 7 heteroatoms. The molecule has 1 amide bonds. The number of esters is 1. The van der Waals surface area contributed by atoms with E-state index in [0.29, 0.717) is 48.3 Å². The van der Waals surface area contributed by atoms with E-state index >= 15 is 0 Å². The van der Waals surface area contributed by atoms with Gasteiger partial charge in [-0.25, -0.2) is 0 Å². The van der Waals surface area contributed by atoms with E-state index in [1.165, 1.54) is 0 Å². The lowest BCUT2D eigenvalue weighted by molar-refractivity contribution is -0.153. The molecule has 0 saturated heterocycles. The van der Waals surface area contributed by atoms with Gasteiger partial charge in [-0.15, -0.1) is 0 Å². The second-order valence-corrected chi connectivity index (χ2v) is 7.72. The molecule has 1 heterocycles. The number of hydrogen-bond acceptors (Lipinski definition) is 5. The Morgan fingerprint density at radius 3 is 2.41 bits per heavy atom. The van der Waals surface area contributed by atoms with Crippen LogP contribution in [0.3, 0.4) is 0 Å². The minimum absolute atomic E-state index is 0.345. The molecule has 2 aromatic rings. The number of anilines is 1. The molecule has 0 bridgehead atoms. The standard InChI is InChI=1S/C22H22ClNO5/c23-16-5-3-15(4-6-16)22(9-1-2-10-22)21(26)29-14-20(25)24-17-7-8-18-19(13-17)28-12-11-27-18/h3-8,13H,1-2,9-12,14H2,(H,24,25). The second kappa shape index (κ2) is 8.33. The third-order valence-corrected chi connectivity index (χ3v) is 5.66. The summed E-state index contributed by atoms with van der Waals surface area (Å²) in [6, 6.07) is 12.4. The van der Waals surface area contributed by atoms with Gasteiger partial charge < -0.3 is 19.5 Å². The molecular weight excluding hydrogens is 394 g/mol. The molecule has 29 heavy (non-hydrogen) atoms. The van der Waals surface area contributed by atoms with Crippen LogP contribution in [0.1, 0.15) is 31.2 Å². The number of amides is 1. The minimum Gasteiger partial charge on any atom is -0.486 e. The Bertz CT molecular complexity index is 906. The fourth-order valence-corrected chi connectivity index (χ4v) is 4.07. The molecule has 0 spiro atoms. The fourth-order valence-electron chi connectivity index (χ4n) is 3.95. The zero-order chi connectivity index (χ0) is 20.3. The molecule has 1 saturated carbocycles. The number of halogens is 1. The Labute approximate surface area is 174 Å². The highest BCUT2D eigenvalue weighted by Gasteiger charge is 2.44. The van der Waals surface area contributed by atoms with E-state index in [0.717, 1.165) is 18.4 Å². The lowest BCUT2D eigenvalue weighted by Gasteiger charge is -2.27. The number of ether oxygens (including phenoxy) is 3. The number of carbonyl (C=O) groups is 2. The Hall–Kier alpha value is -2.73. The molecule has 2 aliphatic rings. The lowest BCUT2D eigenvalue weighted by Crippen LogP contribution is -2.36. The van der Waals surface area contributed by atoms with E-state index in [4.69, 9.17) is 25.8 Å². The van der Waals surface area contributed by atoms with Gasteiger partial charge in [-0.1, -0.05) is 36.6 Å². The van der Waals surface area contributed by atoms with Crippen LogP contribution in [0.5, 0.6) is 11.5 Å². The molecule has 6 nitrogen and oxygen atoms in total. The molecule has 0 unspecified atom stereocenters. The second-order valence-electron chi connectivity index (χ2n) is 7.28. The summed E-state index contributed by atoms with van der Waals surface area (Å²) < 4.78 is 16.4. The van der Waals surface area contributed by atoms with Crippen molar-refractivity contribution in [3.8, 4) is 11.5 Å². The van der Waals surface area contributed by atoms with Crippen LogP contribution in [0.4, 0.5) is 5.69 Å². The van der Waals surface area contributed by atoms with Gasteiger partial charge in [-0.3, -0.25) is 9.59 Å². The Morgan fingerprint density at radius 2 is 1.69 bits per heavy atom. The summed E-state index contributed by atoms with van der Waals surface area (Å²) >= 11 is 5.98. The van der Waals surface area contributed by atoms with E-state index in [2.05, 4.69) is 5.32 Å². The predicted octanol–water partition coefficient (Wildman–Crippen LogP) is 4.10. The Balaban J connectivity index is 1.39. The van der Waals surface area contributed by atoms with E-state index in [9.17, 15) is 9.59 Å². The Kier molecular flexibility index (Phi) is 5.62. The molecule has 1 aliphatic carbocycles. The van der Waals surface area contributed by atoms with Crippen LogP contribution in [-0.4, -0.2) is 31.7 Å². The number of fused-ring (bicyclic) bond motifs is 1. The molecule has 0 aromatic heterocycles. The normalized spacial score (nSPS) is 16.9. The van der Waals surface area contributed by atoms with Crippen molar-refractivity contribution < 1.29 is 23.8 Å². The topological polar surface area (TPSA) is 73.9 Å². The highest BCUT2D eigenvalue weighted by atomic mass is 35.5. The molecule has 0 atom stereocenters. The van der Waals surface area contributed by atoms with Crippen molar-refractivity contribution in [3.63, 3.8) is 0 Å². The van der Waals surface area contributed by atoms with Gasteiger partial charge >= 0.3 is 5.97 Å². The molecule has 2 aromatic carbocycles. The van der Waals surface area contributed by atoms with Crippen LogP contribution >= 0.6 is 11.6 Å². The van der Waals surface area contributed by atoms with Gasteiger partial charge in [0.1, 0.15) is 13.2 Å². The zero-order valence-electron chi connectivity index (χ0n) is 15.9. The lowest BCUT2D eigenvalue weighted by atomic mass is 9.79. The van der Waals surface area contributed by atoms with Gasteiger partial charge in [0.25, 0.3) is 5.91 Å². The molecule has 1 fully saturated rings. The summed E-state index contributed by atoms with van der Waals surface area (Å²) in [5, 5.41) is 3.35. The van der Waals surface area contributed by atoms with Gasteiger partial charge in [0.05, 0.1) is 5.41 Å². The van der Waals surface area contributed by atoms with E-state index in [-0.39, 0.29) is 12.6 Å². The summed E-state index contributed by atoms with van der Waals surface area (Å²) in [6.45, 7) is 0.626. The van der Waals surface area contributed by atoms with Crippen molar-refractivity contribution in [2.45, 2.75) is 31.1 Å². The van der Waals surface area contributed by atoms with E-state index in [1.807, 2.05) is 12.1 Å². The first kappa shape index (κ1) is 19.6. The average molecular weight is 416 g/mol. The maximum Gasteiger partial charge on any atom is 0.317 e. The van der Waals surface area contributed by atoms with Crippen molar-refractivity contribution in [2.75, 3.05) is 25.1 Å². The van der Waals surface area contributed by atoms with Crippen molar-refractivity contribution in [3.05, 3.63) is 53.1 Å². The van der Waals surface area contributed by atoms with Gasteiger partial charge in [0, 0.05) is 16.8 Å².